The van der Waals surface area contributed by atoms with Gasteiger partial charge in [0.05, 0.1) is 11.6 Å². The number of fused-ring (bicyclic) bond motifs is 3. The number of rotatable bonds is 6. The fraction of sp³-hybridized carbons (Fsp3) is 0.552. The first-order valence-corrected chi connectivity index (χ1v) is 13.2. The Bertz CT molecular complexity index is 1320. The molecule has 1 saturated carbocycles. The molecule has 0 saturated heterocycles. The zero-order valence-corrected chi connectivity index (χ0v) is 23.0. The molecular formula is C29H37FN2O7. The molecule has 1 aromatic carbocycles. The Morgan fingerprint density at radius 2 is 1.82 bits per heavy atom. The van der Waals surface area contributed by atoms with Gasteiger partial charge in [0.25, 0.3) is 5.91 Å². The van der Waals surface area contributed by atoms with Crippen molar-refractivity contribution in [1.82, 2.24) is 4.90 Å². The molecule has 1 aromatic rings. The second-order valence-corrected chi connectivity index (χ2v) is 12.4. The Morgan fingerprint density at radius 1 is 1.18 bits per heavy atom. The van der Waals surface area contributed by atoms with Gasteiger partial charge in [-0.05, 0) is 69.2 Å². The number of hydrogen-bond donors (Lipinski definition) is 5. The standard InChI is InChI=1S/C29H37FN2O7/c1-28(2,3)9-7-6-8-13-12-17(30)15-10-14-11-16-21(32(4)5)24(35)20(27(31)38)26(37)29(16,39)25(36)18(14)23(34)19(15)22(13)33/h12,14,16,21,33-34,37,39H,6-11H2,1-5H3,(H2,31,38)/t14-,16-,21-,29-/m0/s1. The monoisotopic (exact) mass is 544 g/mol. The lowest BCUT2D eigenvalue weighted by Gasteiger charge is -2.50. The molecule has 4 rings (SSSR count). The summed E-state index contributed by atoms with van der Waals surface area (Å²) in [7, 11) is 3.04. The van der Waals surface area contributed by atoms with Gasteiger partial charge >= 0.3 is 0 Å². The van der Waals surface area contributed by atoms with Gasteiger partial charge in [-0.15, -0.1) is 0 Å². The van der Waals surface area contributed by atoms with Crippen molar-refractivity contribution in [2.24, 2.45) is 23.0 Å². The van der Waals surface area contributed by atoms with E-state index in [0.717, 1.165) is 12.8 Å². The molecule has 10 heteroatoms. The molecule has 1 amide bonds. The molecule has 1 fully saturated rings. The Hall–Kier alpha value is -3.24. The topological polar surface area (TPSA) is 161 Å². The highest BCUT2D eigenvalue weighted by Gasteiger charge is 2.64. The first-order chi connectivity index (χ1) is 18.0. The minimum atomic E-state index is -2.72. The molecule has 39 heavy (non-hydrogen) atoms. The van der Waals surface area contributed by atoms with E-state index in [2.05, 4.69) is 20.8 Å². The third-order valence-electron chi connectivity index (χ3n) is 8.37. The Kier molecular flexibility index (Phi) is 7.19. The van der Waals surface area contributed by atoms with Crippen LogP contribution in [0.1, 0.15) is 63.1 Å². The second-order valence-electron chi connectivity index (χ2n) is 12.4. The molecule has 9 nitrogen and oxygen atoms in total. The summed E-state index contributed by atoms with van der Waals surface area (Å²) in [4.78, 5) is 40.5. The van der Waals surface area contributed by atoms with Crippen LogP contribution in [0.15, 0.2) is 23.0 Å². The number of ketones is 2. The fourth-order valence-corrected chi connectivity index (χ4v) is 6.48. The summed E-state index contributed by atoms with van der Waals surface area (Å²) in [6, 6.07) is 0.0708. The summed E-state index contributed by atoms with van der Waals surface area (Å²) in [5.74, 6) is -8.05. The number of phenolic OH excluding ortho intramolecular Hbond substituents is 1. The van der Waals surface area contributed by atoms with E-state index in [9.17, 15) is 34.8 Å². The SMILES string of the molecule is CN(C)[C@@H]1C(=O)C(C(N)=O)=C(O)[C@@]2(O)C(=O)C3=C(O)c4c(O)c(CCCCC(C)(C)C)cc(F)c4C[C@H]3C[C@@H]12. The maximum absolute atomic E-state index is 15.4. The molecule has 0 bridgehead atoms. The highest BCUT2D eigenvalue weighted by atomic mass is 19.1. The summed E-state index contributed by atoms with van der Waals surface area (Å²) in [6.45, 7) is 6.35. The number of nitrogens with two attached hydrogens (primary N) is 1. The zero-order chi connectivity index (χ0) is 29.2. The van der Waals surface area contributed by atoms with Crippen molar-refractivity contribution in [1.29, 1.82) is 0 Å². The van der Waals surface area contributed by atoms with Gasteiger partial charge in [0.2, 0.25) is 5.78 Å². The minimum Gasteiger partial charge on any atom is -0.508 e. The van der Waals surface area contributed by atoms with Crippen LogP contribution in [-0.4, -0.2) is 68.5 Å². The van der Waals surface area contributed by atoms with Gasteiger partial charge in [-0.1, -0.05) is 27.2 Å². The van der Waals surface area contributed by atoms with E-state index in [-0.39, 0.29) is 40.7 Å². The highest BCUT2D eigenvalue weighted by molar-refractivity contribution is 6.24. The van der Waals surface area contributed by atoms with E-state index in [0.29, 0.717) is 18.4 Å². The van der Waals surface area contributed by atoms with Crippen molar-refractivity contribution < 1.29 is 39.2 Å². The minimum absolute atomic E-state index is 0.0385. The number of unbranched alkanes of at least 4 members (excludes halogenated alkanes) is 1. The van der Waals surface area contributed by atoms with Gasteiger partial charge in [0.1, 0.15) is 28.7 Å². The third kappa shape index (κ3) is 4.53. The Morgan fingerprint density at radius 3 is 2.38 bits per heavy atom. The van der Waals surface area contributed by atoms with E-state index >= 15 is 4.39 Å². The number of Topliss-reactive ketones (excluding diaryl/α,β-unsaturated/α-hetero) is 2. The number of phenols is 1. The van der Waals surface area contributed by atoms with Gasteiger partial charge in [0, 0.05) is 17.1 Å². The number of aliphatic hydroxyl groups excluding tert-OH is 2. The molecule has 0 heterocycles. The number of nitrogens with zero attached hydrogens (tertiary/aromatic N) is 1. The van der Waals surface area contributed by atoms with Gasteiger partial charge in [-0.25, -0.2) is 4.39 Å². The Labute approximate surface area is 226 Å². The first-order valence-electron chi connectivity index (χ1n) is 13.2. The number of primary amides is 1. The number of carbonyl (C=O) groups is 3. The van der Waals surface area contributed by atoms with E-state index in [1.54, 1.807) is 0 Å². The molecular weight excluding hydrogens is 507 g/mol. The highest BCUT2D eigenvalue weighted by Crippen LogP contribution is 2.53. The molecule has 0 spiro atoms. The van der Waals surface area contributed by atoms with Crippen molar-refractivity contribution in [2.75, 3.05) is 14.1 Å². The van der Waals surface area contributed by atoms with E-state index in [4.69, 9.17) is 5.73 Å². The number of aliphatic hydroxyl groups is 3. The summed E-state index contributed by atoms with van der Waals surface area (Å²) in [6.07, 6.45) is 2.67. The molecule has 0 unspecified atom stereocenters. The van der Waals surface area contributed by atoms with Gasteiger partial charge in [0.15, 0.2) is 11.4 Å². The zero-order valence-electron chi connectivity index (χ0n) is 23.0. The van der Waals surface area contributed by atoms with Crippen LogP contribution in [0.3, 0.4) is 0 Å². The molecule has 4 atom stereocenters. The quantitative estimate of drug-likeness (QED) is 0.270. The van der Waals surface area contributed by atoms with Crippen LogP contribution < -0.4 is 5.73 Å². The predicted molar refractivity (Wildman–Crippen MR) is 141 cm³/mol. The van der Waals surface area contributed by atoms with Gasteiger partial charge in [-0.3, -0.25) is 19.3 Å². The first kappa shape index (κ1) is 28.8. The predicted octanol–water partition coefficient (Wildman–Crippen LogP) is 2.86. The van der Waals surface area contributed by atoms with Gasteiger partial charge < -0.3 is 26.2 Å². The molecule has 0 aromatic heterocycles. The maximum atomic E-state index is 15.4. The molecule has 6 N–H and O–H groups in total. The molecule has 3 aliphatic carbocycles. The molecule has 212 valence electrons. The number of likely N-dealkylation sites (N-methyl/N-ethyl adjacent to an activating group) is 1. The number of aromatic hydroxyl groups is 1. The van der Waals surface area contributed by atoms with Crippen LogP contribution >= 0.6 is 0 Å². The van der Waals surface area contributed by atoms with Crippen molar-refractivity contribution in [3.63, 3.8) is 0 Å². The van der Waals surface area contributed by atoms with Crippen molar-refractivity contribution in [2.45, 2.75) is 70.9 Å². The lowest BCUT2D eigenvalue weighted by molar-refractivity contribution is -0.153. The molecule has 0 radical (unpaired) electrons. The molecule has 3 aliphatic rings. The number of hydrogen-bond acceptors (Lipinski definition) is 8. The Balaban J connectivity index is 1.81. The van der Waals surface area contributed by atoms with Crippen molar-refractivity contribution in [3.05, 3.63) is 45.5 Å². The molecule has 0 aliphatic heterocycles. The lowest BCUT2D eigenvalue weighted by Crippen LogP contribution is -2.65. The number of aryl methyl sites for hydroxylation is 1. The number of benzene rings is 1. The number of amides is 1. The number of carbonyl (C=O) groups excluding carboxylic acids is 3. The average molecular weight is 545 g/mol. The summed E-state index contributed by atoms with van der Waals surface area (Å²) in [5.41, 5.74) is 1.70. The van der Waals surface area contributed by atoms with E-state index in [1.165, 1.54) is 25.1 Å². The average Bonchev–Trinajstić information content (AvgIpc) is 2.81. The fourth-order valence-electron chi connectivity index (χ4n) is 6.48. The van der Waals surface area contributed by atoms with Crippen molar-refractivity contribution in [3.8, 4) is 5.75 Å². The lowest BCUT2D eigenvalue weighted by atomic mass is 9.57. The van der Waals surface area contributed by atoms with E-state index < -0.39 is 63.9 Å². The smallest absolute Gasteiger partial charge is 0.255 e. The van der Waals surface area contributed by atoms with Crippen LogP contribution in [0.5, 0.6) is 5.75 Å². The van der Waals surface area contributed by atoms with Crippen LogP contribution in [-0.2, 0) is 27.2 Å². The van der Waals surface area contributed by atoms with Gasteiger partial charge in [-0.2, -0.15) is 0 Å². The summed E-state index contributed by atoms with van der Waals surface area (Å²) in [5, 5.41) is 44.9. The largest absolute Gasteiger partial charge is 0.508 e. The maximum Gasteiger partial charge on any atom is 0.255 e. The summed E-state index contributed by atoms with van der Waals surface area (Å²) >= 11 is 0. The van der Waals surface area contributed by atoms with Crippen molar-refractivity contribution >= 4 is 23.2 Å². The van der Waals surface area contributed by atoms with E-state index in [1.807, 2.05) is 0 Å². The normalized spacial score (nSPS) is 27.0. The number of halogens is 1. The van der Waals surface area contributed by atoms with Crippen LogP contribution in [0.2, 0.25) is 0 Å². The van der Waals surface area contributed by atoms with Crippen LogP contribution in [0.4, 0.5) is 4.39 Å². The van der Waals surface area contributed by atoms with Crippen LogP contribution in [0, 0.1) is 23.1 Å². The van der Waals surface area contributed by atoms with Crippen LogP contribution in [0.25, 0.3) is 5.76 Å². The second kappa shape index (κ2) is 9.75. The third-order valence-corrected chi connectivity index (χ3v) is 8.37. The summed E-state index contributed by atoms with van der Waals surface area (Å²) < 4.78 is 15.4.